The van der Waals surface area contributed by atoms with Gasteiger partial charge in [-0.3, -0.25) is 24.8 Å². The van der Waals surface area contributed by atoms with Gasteiger partial charge < -0.3 is 10.6 Å². The molecule has 1 unspecified atom stereocenters. The van der Waals surface area contributed by atoms with Crippen LogP contribution in [0.4, 0.5) is 11.5 Å². The Bertz CT molecular complexity index is 1080. The molecular formula is C19H18ClN5O4S. The molecule has 0 bridgehead atoms. The molecule has 0 radical (unpaired) electrons. The van der Waals surface area contributed by atoms with Gasteiger partial charge in [-0.15, -0.1) is 11.3 Å². The van der Waals surface area contributed by atoms with Gasteiger partial charge in [-0.05, 0) is 23.4 Å². The lowest BCUT2D eigenvalue weighted by Crippen LogP contribution is -2.47. The number of nitrogens with zero attached hydrogens (tertiary/aromatic N) is 2. The van der Waals surface area contributed by atoms with Gasteiger partial charge in [0, 0.05) is 18.2 Å². The lowest BCUT2D eigenvalue weighted by Gasteiger charge is -2.21. The van der Waals surface area contributed by atoms with Crippen LogP contribution in [0.25, 0.3) is 10.6 Å². The number of nitro groups is 1. The highest BCUT2D eigenvalue weighted by atomic mass is 35.5. The number of amides is 2. The molecule has 3 aromatic rings. The quantitative estimate of drug-likeness (QED) is 0.371. The first-order valence-electron chi connectivity index (χ1n) is 8.91. The van der Waals surface area contributed by atoms with Crippen molar-refractivity contribution in [2.75, 3.05) is 5.32 Å². The van der Waals surface area contributed by atoms with Crippen LogP contribution in [-0.4, -0.2) is 33.0 Å². The molecule has 3 rings (SSSR count). The van der Waals surface area contributed by atoms with E-state index in [-0.39, 0.29) is 22.2 Å². The maximum atomic E-state index is 12.7. The third-order valence-corrected chi connectivity index (χ3v) is 5.48. The number of anilines is 1. The summed E-state index contributed by atoms with van der Waals surface area (Å²) in [5, 5.41) is 25.0. The van der Waals surface area contributed by atoms with Crippen LogP contribution in [0.5, 0.6) is 0 Å². The fraction of sp³-hybridized carbons (Fsp3) is 0.211. The fourth-order valence-electron chi connectivity index (χ4n) is 2.70. The molecule has 11 heteroatoms. The van der Waals surface area contributed by atoms with Crippen molar-refractivity contribution in [3.05, 3.63) is 62.5 Å². The Hall–Kier alpha value is -3.24. The SMILES string of the molecule is CC(C)C(NC(=O)c1ccc([N+](=O)[O-])cc1Cl)C(=O)Nc1cc(-c2cccs2)[nH]n1. The van der Waals surface area contributed by atoms with Crippen molar-refractivity contribution < 1.29 is 14.5 Å². The second-order valence-electron chi connectivity index (χ2n) is 6.75. The number of nitro benzene ring substituents is 1. The van der Waals surface area contributed by atoms with Crippen molar-refractivity contribution in [1.82, 2.24) is 15.5 Å². The van der Waals surface area contributed by atoms with E-state index < -0.39 is 22.8 Å². The molecule has 0 fully saturated rings. The van der Waals surface area contributed by atoms with E-state index in [0.29, 0.717) is 5.82 Å². The number of nitrogens with one attached hydrogen (secondary N) is 3. The summed E-state index contributed by atoms with van der Waals surface area (Å²) in [6.45, 7) is 3.56. The molecule has 1 atom stereocenters. The van der Waals surface area contributed by atoms with Gasteiger partial charge in [-0.1, -0.05) is 31.5 Å². The Labute approximate surface area is 180 Å². The van der Waals surface area contributed by atoms with Gasteiger partial charge in [0.1, 0.15) is 6.04 Å². The van der Waals surface area contributed by atoms with Crippen LogP contribution in [0.1, 0.15) is 24.2 Å². The number of H-pyrrole nitrogens is 1. The van der Waals surface area contributed by atoms with E-state index in [0.717, 1.165) is 16.6 Å². The maximum Gasteiger partial charge on any atom is 0.270 e. The third kappa shape index (κ3) is 4.84. The van der Waals surface area contributed by atoms with Gasteiger partial charge in [0.25, 0.3) is 11.6 Å². The number of non-ortho nitro benzene ring substituents is 1. The number of carbonyl (C=O) groups excluding carboxylic acids is 2. The minimum absolute atomic E-state index is 0.0421. The summed E-state index contributed by atoms with van der Waals surface area (Å²) in [5.41, 5.74) is 0.582. The van der Waals surface area contributed by atoms with Gasteiger partial charge in [0.2, 0.25) is 5.91 Å². The van der Waals surface area contributed by atoms with E-state index in [1.54, 1.807) is 19.9 Å². The number of halogens is 1. The number of thiophene rings is 1. The lowest BCUT2D eigenvalue weighted by atomic mass is 10.0. The van der Waals surface area contributed by atoms with Gasteiger partial charge >= 0.3 is 0 Å². The monoisotopic (exact) mass is 447 g/mol. The lowest BCUT2D eigenvalue weighted by molar-refractivity contribution is -0.384. The number of aromatic amines is 1. The highest BCUT2D eigenvalue weighted by Gasteiger charge is 2.26. The van der Waals surface area contributed by atoms with E-state index in [1.165, 1.54) is 23.5 Å². The van der Waals surface area contributed by atoms with Crippen molar-refractivity contribution in [3.63, 3.8) is 0 Å². The Morgan fingerprint density at radius 3 is 2.63 bits per heavy atom. The largest absolute Gasteiger partial charge is 0.340 e. The Morgan fingerprint density at radius 1 is 1.27 bits per heavy atom. The summed E-state index contributed by atoms with van der Waals surface area (Å²) in [6.07, 6.45) is 0. The maximum absolute atomic E-state index is 12.7. The highest BCUT2D eigenvalue weighted by molar-refractivity contribution is 7.13. The number of hydrogen-bond donors (Lipinski definition) is 3. The number of benzene rings is 1. The molecule has 0 aliphatic carbocycles. The predicted molar refractivity (Wildman–Crippen MR) is 115 cm³/mol. The summed E-state index contributed by atoms with van der Waals surface area (Å²) in [6, 6.07) is 8.20. The Balaban J connectivity index is 1.72. The number of carbonyl (C=O) groups is 2. The normalized spacial score (nSPS) is 11.9. The second-order valence-corrected chi connectivity index (χ2v) is 8.10. The van der Waals surface area contributed by atoms with Crippen molar-refractivity contribution in [2.24, 2.45) is 5.92 Å². The van der Waals surface area contributed by atoms with Gasteiger partial charge in [0.15, 0.2) is 5.82 Å². The molecule has 0 saturated carbocycles. The van der Waals surface area contributed by atoms with Gasteiger partial charge in [-0.25, -0.2) is 0 Å². The van der Waals surface area contributed by atoms with Crippen molar-refractivity contribution in [1.29, 1.82) is 0 Å². The number of hydrogen-bond acceptors (Lipinski definition) is 6. The molecular weight excluding hydrogens is 430 g/mol. The summed E-state index contributed by atoms with van der Waals surface area (Å²) in [4.78, 5) is 36.6. The van der Waals surface area contributed by atoms with E-state index in [1.807, 2.05) is 17.5 Å². The van der Waals surface area contributed by atoms with E-state index in [4.69, 9.17) is 11.6 Å². The van der Waals surface area contributed by atoms with Crippen molar-refractivity contribution >= 4 is 46.3 Å². The number of aromatic nitrogens is 2. The standard InChI is InChI=1S/C19H18ClN5O4S/c1-10(2)17(22-18(26)12-6-5-11(25(28)29)8-13(12)20)19(27)21-16-9-14(23-24-16)15-4-3-7-30-15/h3-10,17H,1-2H3,(H,22,26)(H2,21,23,24,27). The first kappa shape index (κ1) is 21.5. The third-order valence-electron chi connectivity index (χ3n) is 4.26. The highest BCUT2D eigenvalue weighted by Crippen LogP contribution is 2.25. The average Bonchev–Trinajstić information content (AvgIpc) is 3.37. The van der Waals surface area contributed by atoms with E-state index in [2.05, 4.69) is 20.8 Å². The first-order valence-corrected chi connectivity index (χ1v) is 10.2. The molecule has 9 nitrogen and oxygen atoms in total. The molecule has 0 aliphatic rings. The van der Waals surface area contributed by atoms with Crippen molar-refractivity contribution in [2.45, 2.75) is 19.9 Å². The van der Waals surface area contributed by atoms with Crippen LogP contribution in [0.3, 0.4) is 0 Å². The molecule has 2 heterocycles. The van der Waals surface area contributed by atoms with Crippen LogP contribution in [0, 0.1) is 16.0 Å². The summed E-state index contributed by atoms with van der Waals surface area (Å²) in [7, 11) is 0. The average molecular weight is 448 g/mol. The molecule has 1 aromatic carbocycles. The molecule has 3 N–H and O–H groups in total. The zero-order valence-electron chi connectivity index (χ0n) is 16.0. The van der Waals surface area contributed by atoms with Gasteiger partial charge in [-0.2, -0.15) is 5.10 Å². The minimum atomic E-state index is -0.870. The van der Waals surface area contributed by atoms with Crippen molar-refractivity contribution in [3.8, 4) is 10.6 Å². The minimum Gasteiger partial charge on any atom is -0.340 e. The molecule has 2 amide bonds. The molecule has 30 heavy (non-hydrogen) atoms. The zero-order valence-corrected chi connectivity index (χ0v) is 17.6. The topological polar surface area (TPSA) is 130 Å². The Morgan fingerprint density at radius 2 is 2.03 bits per heavy atom. The second kappa shape index (κ2) is 9.06. The number of rotatable bonds is 7. The summed E-state index contributed by atoms with van der Waals surface area (Å²) in [5.74, 6) is -0.955. The molecule has 156 valence electrons. The smallest absolute Gasteiger partial charge is 0.270 e. The first-order chi connectivity index (χ1) is 14.3. The molecule has 0 aliphatic heterocycles. The van der Waals surface area contributed by atoms with Gasteiger partial charge in [0.05, 0.1) is 26.1 Å². The molecule has 0 spiro atoms. The van der Waals surface area contributed by atoms with Crippen LogP contribution >= 0.6 is 22.9 Å². The van der Waals surface area contributed by atoms with Crippen LogP contribution < -0.4 is 10.6 Å². The van der Waals surface area contributed by atoms with E-state index >= 15 is 0 Å². The van der Waals surface area contributed by atoms with E-state index in [9.17, 15) is 19.7 Å². The zero-order chi connectivity index (χ0) is 21.8. The van der Waals surface area contributed by atoms with Crippen LogP contribution in [0.2, 0.25) is 5.02 Å². The molecule has 0 saturated heterocycles. The summed E-state index contributed by atoms with van der Waals surface area (Å²) < 4.78 is 0. The van der Waals surface area contributed by atoms with Crippen LogP contribution in [0.15, 0.2) is 41.8 Å². The molecule has 2 aromatic heterocycles. The predicted octanol–water partition coefficient (Wildman–Crippen LogP) is 4.09. The Kier molecular flexibility index (Phi) is 6.48. The summed E-state index contributed by atoms with van der Waals surface area (Å²) >= 11 is 7.55. The van der Waals surface area contributed by atoms with Crippen LogP contribution in [-0.2, 0) is 4.79 Å². The fourth-order valence-corrected chi connectivity index (χ4v) is 3.66.